The minimum absolute atomic E-state index is 0.0307. The molecule has 0 aromatic heterocycles. The molecule has 0 bridgehead atoms. The quantitative estimate of drug-likeness (QED) is 0.635. The number of carbonyl (C=O) groups excluding carboxylic acids is 3. The van der Waals surface area contributed by atoms with Crippen molar-refractivity contribution in [1.82, 2.24) is 15.5 Å². The van der Waals surface area contributed by atoms with Crippen LogP contribution in [0.2, 0.25) is 0 Å². The fraction of sp³-hybridized carbons (Fsp3) is 0.750. The summed E-state index contributed by atoms with van der Waals surface area (Å²) < 4.78 is 0. The molecule has 3 amide bonds. The fourth-order valence-electron chi connectivity index (χ4n) is 2.15. The van der Waals surface area contributed by atoms with Gasteiger partial charge in [-0.3, -0.25) is 24.6 Å². The summed E-state index contributed by atoms with van der Waals surface area (Å²) in [6, 6.07) is -0.591. The number of likely N-dealkylation sites (N-methyl/N-ethyl adjacent to an activating group) is 1. The van der Waals surface area contributed by atoms with Gasteiger partial charge in [-0.2, -0.15) is 0 Å². The van der Waals surface area contributed by atoms with Crippen LogP contribution in [0.25, 0.3) is 0 Å². The van der Waals surface area contributed by atoms with Crippen molar-refractivity contribution in [3.05, 3.63) is 0 Å². The molecule has 18 heavy (non-hydrogen) atoms. The van der Waals surface area contributed by atoms with Gasteiger partial charge in [-0.05, 0) is 12.8 Å². The van der Waals surface area contributed by atoms with Gasteiger partial charge in [0.2, 0.25) is 17.7 Å². The SMILES string of the molecule is CCC(CC)N1C(=O)CC(NCC(=O)NC)C1=O. The van der Waals surface area contributed by atoms with Gasteiger partial charge in [-0.25, -0.2) is 0 Å². The molecule has 1 rings (SSSR count). The number of imide groups is 1. The van der Waals surface area contributed by atoms with E-state index in [1.807, 2.05) is 13.8 Å². The van der Waals surface area contributed by atoms with Gasteiger partial charge in [-0.15, -0.1) is 0 Å². The van der Waals surface area contributed by atoms with Gasteiger partial charge in [0.05, 0.1) is 19.0 Å². The Labute approximate surface area is 107 Å². The lowest BCUT2D eigenvalue weighted by atomic mass is 10.1. The monoisotopic (exact) mass is 255 g/mol. The highest BCUT2D eigenvalue weighted by molar-refractivity contribution is 6.06. The van der Waals surface area contributed by atoms with E-state index in [2.05, 4.69) is 10.6 Å². The molecular formula is C12H21N3O3. The Morgan fingerprint density at radius 3 is 2.50 bits per heavy atom. The van der Waals surface area contributed by atoms with Crippen LogP contribution in [0.15, 0.2) is 0 Å². The van der Waals surface area contributed by atoms with Crippen LogP contribution in [0, 0.1) is 0 Å². The van der Waals surface area contributed by atoms with Crippen LogP contribution < -0.4 is 10.6 Å². The third-order valence-corrected chi connectivity index (χ3v) is 3.28. The molecule has 1 aliphatic rings. The highest BCUT2D eigenvalue weighted by Crippen LogP contribution is 2.19. The van der Waals surface area contributed by atoms with Crippen molar-refractivity contribution >= 4 is 17.7 Å². The Morgan fingerprint density at radius 1 is 1.39 bits per heavy atom. The smallest absolute Gasteiger partial charge is 0.247 e. The van der Waals surface area contributed by atoms with Crippen LogP contribution in [-0.4, -0.2) is 48.3 Å². The molecule has 0 saturated carbocycles. The minimum Gasteiger partial charge on any atom is -0.358 e. The average molecular weight is 255 g/mol. The van der Waals surface area contributed by atoms with Crippen molar-refractivity contribution in [3.63, 3.8) is 0 Å². The molecular weight excluding hydrogens is 234 g/mol. The second kappa shape index (κ2) is 6.49. The molecule has 1 saturated heterocycles. The highest BCUT2D eigenvalue weighted by Gasteiger charge is 2.41. The van der Waals surface area contributed by atoms with E-state index in [4.69, 9.17) is 0 Å². The maximum absolute atomic E-state index is 12.1. The zero-order valence-electron chi connectivity index (χ0n) is 11.2. The summed E-state index contributed by atoms with van der Waals surface area (Å²) in [6.45, 7) is 3.97. The predicted octanol–water partition coefficient (Wildman–Crippen LogP) is -0.362. The third kappa shape index (κ3) is 3.07. The summed E-state index contributed by atoms with van der Waals surface area (Å²) in [4.78, 5) is 36.4. The molecule has 0 aromatic carbocycles. The summed E-state index contributed by atoms with van der Waals surface area (Å²) in [7, 11) is 1.53. The van der Waals surface area contributed by atoms with Crippen LogP contribution >= 0.6 is 0 Å². The molecule has 6 heteroatoms. The van der Waals surface area contributed by atoms with E-state index in [0.29, 0.717) is 0 Å². The van der Waals surface area contributed by atoms with Gasteiger partial charge in [-0.1, -0.05) is 13.8 Å². The first-order valence-electron chi connectivity index (χ1n) is 6.34. The van der Waals surface area contributed by atoms with Crippen molar-refractivity contribution in [2.24, 2.45) is 0 Å². The summed E-state index contributed by atoms with van der Waals surface area (Å²) >= 11 is 0. The summed E-state index contributed by atoms with van der Waals surface area (Å²) in [6.07, 6.45) is 1.67. The molecule has 6 nitrogen and oxygen atoms in total. The molecule has 0 aromatic rings. The molecule has 1 fully saturated rings. The molecule has 2 N–H and O–H groups in total. The van der Waals surface area contributed by atoms with Crippen LogP contribution in [0.5, 0.6) is 0 Å². The van der Waals surface area contributed by atoms with E-state index >= 15 is 0 Å². The molecule has 1 atom stereocenters. The van der Waals surface area contributed by atoms with Crippen molar-refractivity contribution in [2.75, 3.05) is 13.6 Å². The van der Waals surface area contributed by atoms with Gasteiger partial charge in [0.25, 0.3) is 0 Å². The molecule has 0 radical (unpaired) electrons. The van der Waals surface area contributed by atoms with Crippen molar-refractivity contribution in [1.29, 1.82) is 0 Å². The Bertz CT molecular complexity index is 339. The number of hydrogen-bond donors (Lipinski definition) is 2. The first-order chi connectivity index (χ1) is 8.54. The Kier molecular flexibility index (Phi) is 5.27. The lowest BCUT2D eigenvalue weighted by molar-refractivity contribution is -0.141. The second-order valence-electron chi connectivity index (χ2n) is 4.38. The number of nitrogens with one attached hydrogen (secondary N) is 2. The predicted molar refractivity (Wildman–Crippen MR) is 66.7 cm³/mol. The zero-order chi connectivity index (χ0) is 13.7. The van der Waals surface area contributed by atoms with Crippen molar-refractivity contribution < 1.29 is 14.4 Å². The lowest BCUT2D eigenvalue weighted by Gasteiger charge is -2.24. The number of rotatable bonds is 6. The minimum atomic E-state index is -0.560. The van der Waals surface area contributed by atoms with Crippen LogP contribution in [0.4, 0.5) is 0 Å². The van der Waals surface area contributed by atoms with Crippen LogP contribution in [0.1, 0.15) is 33.1 Å². The van der Waals surface area contributed by atoms with E-state index < -0.39 is 6.04 Å². The zero-order valence-corrected chi connectivity index (χ0v) is 11.2. The highest BCUT2D eigenvalue weighted by atomic mass is 16.2. The van der Waals surface area contributed by atoms with E-state index in [1.54, 1.807) is 0 Å². The van der Waals surface area contributed by atoms with E-state index in [1.165, 1.54) is 11.9 Å². The van der Waals surface area contributed by atoms with Gasteiger partial charge in [0.1, 0.15) is 0 Å². The molecule has 0 aliphatic carbocycles. The Morgan fingerprint density at radius 2 is 2.00 bits per heavy atom. The van der Waals surface area contributed by atoms with Crippen molar-refractivity contribution in [3.8, 4) is 0 Å². The first kappa shape index (κ1) is 14.6. The number of carbonyl (C=O) groups is 3. The number of likely N-dealkylation sites (tertiary alicyclic amines) is 1. The largest absolute Gasteiger partial charge is 0.358 e. The second-order valence-corrected chi connectivity index (χ2v) is 4.38. The summed E-state index contributed by atoms with van der Waals surface area (Å²) in [5, 5.41) is 5.28. The van der Waals surface area contributed by atoms with Gasteiger partial charge < -0.3 is 5.32 Å². The normalized spacial score (nSPS) is 19.8. The van der Waals surface area contributed by atoms with E-state index in [9.17, 15) is 14.4 Å². The van der Waals surface area contributed by atoms with Crippen LogP contribution in [0.3, 0.4) is 0 Å². The van der Waals surface area contributed by atoms with Gasteiger partial charge >= 0.3 is 0 Å². The van der Waals surface area contributed by atoms with Gasteiger partial charge in [0.15, 0.2) is 0 Å². The third-order valence-electron chi connectivity index (χ3n) is 3.28. The molecule has 1 aliphatic heterocycles. The number of nitrogens with zero attached hydrogens (tertiary/aromatic N) is 1. The molecule has 0 spiro atoms. The van der Waals surface area contributed by atoms with Gasteiger partial charge in [0, 0.05) is 13.1 Å². The molecule has 1 heterocycles. The van der Waals surface area contributed by atoms with Crippen LogP contribution in [-0.2, 0) is 14.4 Å². The summed E-state index contributed by atoms with van der Waals surface area (Å²) in [5.74, 6) is -0.558. The standard InChI is InChI=1S/C12H21N3O3/c1-4-8(5-2)15-11(17)6-9(12(15)18)14-7-10(16)13-3/h8-9,14H,4-7H2,1-3H3,(H,13,16). The van der Waals surface area contributed by atoms with Crippen molar-refractivity contribution in [2.45, 2.75) is 45.2 Å². The first-order valence-corrected chi connectivity index (χ1v) is 6.34. The lowest BCUT2D eigenvalue weighted by Crippen LogP contribution is -2.45. The summed E-state index contributed by atoms with van der Waals surface area (Å²) in [5.41, 5.74) is 0. The van der Waals surface area contributed by atoms with E-state index in [-0.39, 0.29) is 36.7 Å². The number of amides is 3. The molecule has 102 valence electrons. The number of hydrogen-bond acceptors (Lipinski definition) is 4. The Hall–Kier alpha value is -1.43. The van der Waals surface area contributed by atoms with E-state index in [0.717, 1.165) is 12.8 Å². The maximum Gasteiger partial charge on any atom is 0.247 e. The maximum atomic E-state index is 12.1. The topological polar surface area (TPSA) is 78.5 Å². The average Bonchev–Trinajstić information content (AvgIpc) is 2.65. The fourth-order valence-corrected chi connectivity index (χ4v) is 2.15. The molecule has 1 unspecified atom stereocenters. The Balaban J connectivity index is 2.63.